The average Bonchev–Trinajstić information content (AvgIpc) is 2.26. The van der Waals surface area contributed by atoms with Crippen molar-refractivity contribution in [3.05, 3.63) is 42.5 Å². The highest BCUT2D eigenvalue weighted by atomic mass is 19.4. The number of rotatable bonds is 5. The molecule has 0 heterocycles. The van der Waals surface area contributed by atoms with Crippen LogP contribution in [-0.2, 0) is 6.18 Å². The molecule has 1 aromatic carbocycles. The second kappa shape index (κ2) is 5.75. The first kappa shape index (κ1) is 13.6. The van der Waals surface area contributed by atoms with Crippen molar-refractivity contribution in [3.8, 4) is 0 Å². The molecular weight excluding hydrogens is 227 g/mol. The zero-order valence-corrected chi connectivity index (χ0v) is 9.72. The lowest BCUT2D eigenvalue weighted by molar-refractivity contribution is -0.137. The maximum absolute atomic E-state index is 12.3. The van der Waals surface area contributed by atoms with E-state index in [1.807, 2.05) is 13.0 Å². The fourth-order valence-electron chi connectivity index (χ4n) is 1.48. The fraction of sp³-hybridized carbons (Fsp3) is 0.385. The van der Waals surface area contributed by atoms with Crippen molar-refractivity contribution in [2.75, 3.05) is 5.32 Å². The van der Waals surface area contributed by atoms with Gasteiger partial charge in [0.25, 0.3) is 0 Å². The minimum atomic E-state index is -4.27. The zero-order valence-electron chi connectivity index (χ0n) is 9.72. The molecule has 0 saturated carbocycles. The summed E-state index contributed by atoms with van der Waals surface area (Å²) < 4.78 is 37.0. The van der Waals surface area contributed by atoms with Gasteiger partial charge in [-0.2, -0.15) is 13.2 Å². The Labute approximate surface area is 99.3 Å². The summed E-state index contributed by atoms with van der Waals surface area (Å²) in [7, 11) is 0. The molecule has 1 aromatic rings. The number of allylic oxidation sites excluding steroid dienone is 1. The minimum absolute atomic E-state index is 0.213. The molecule has 17 heavy (non-hydrogen) atoms. The highest BCUT2D eigenvalue weighted by Crippen LogP contribution is 2.29. The molecule has 0 spiro atoms. The highest BCUT2D eigenvalue weighted by Gasteiger charge is 2.29. The lowest BCUT2D eigenvalue weighted by atomic mass is 10.1. The van der Waals surface area contributed by atoms with E-state index in [-0.39, 0.29) is 6.04 Å². The smallest absolute Gasteiger partial charge is 0.383 e. The van der Waals surface area contributed by atoms with Gasteiger partial charge in [0, 0.05) is 11.7 Å². The Morgan fingerprint density at radius 3 is 2.35 bits per heavy atom. The first-order valence-electron chi connectivity index (χ1n) is 5.48. The SMILES string of the molecule is C=CCCC(C)Nc1ccc(C(F)(F)F)cc1. The van der Waals surface area contributed by atoms with Crippen LogP contribution in [0, 0.1) is 0 Å². The number of hydrogen-bond donors (Lipinski definition) is 1. The van der Waals surface area contributed by atoms with E-state index in [0.717, 1.165) is 25.0 Å². The summed E-state index contributed by atoms with van der Waals surface area (Å²) in [4.78, 5) is 0. The molecule has 0 bridgehead atoms. The fourth-order valence-corrected chi connectivity index (χ4v) is 1.48. The van der Waals surface area contributed by atoms with Gasteiger partial charge >= 0.3 is 6.18 Å². The van der Waals surface area contributed by atoms with Crippen LogP contribution in [0.2, 0.25) is 0 Å². The van der Waals surface area contributed by atoms with Gasteiger partial charge in [0.15, 0.2) is 0 Å². The van der Waals surface area contributed by atoms with E-state index in [1.165, 1.54) is 12.1 Å². The van der Waals surface area contributed by atoms with Crippen LogP contribution in [0.5, 0.6) is 0 Å². The molecule has 0 fully saturated rings. The molecule has 0 amide bonds. The first-order valence-corrected chi connectivity index (χ1v) is 5.48. The number of nitrogens with one attached hydrogen (secondary N) is 1. The normalized spacial score (nSPS) is 13.2. The van der Waals surface area contributed by atoms with Crippen LogP contribution >= 0.6 is 0 Å². The number of benzene rings is 1. The maximum Gasteiger partial charge on any atom is 0.416 e. The molecule has 4 heteroatoms. The molecule has 94 valence electrons. The third-order valence-corrected chi connectivity index (χ3v) is 2.43. The second-order valence-corrected chi connectivity index (χ2v) is 3.99. The monoisotopic (exact) mass is 243 g/mol. The second-order valence-electron chi connectivity index (χ2n) is 3.99. The van der Waals surface area contributed by atoms with Crippen LogP contribution in [0.25, 0.3) is 0 Å². The predicted molar refractivity (Wildman–Crippen MR) is 64.0 cm³/mol. The van der Waals surface area contributed by atoms with Crippen LogP contribution in [0.1, 0.15) is 25.3 Å². The Balaban J connectivity index is 2.59. The van der Waals surface area contributed by atoms with Crippen molar-refractivity contribution >= 4 is 5.69 Å². The molecule has 0 aliphatic heterocycles. The molecule has 0 radical (unpaired) electrons. The molecule has 0 aromatic heterocycles. The summed E-state index contributed by atoms with van der Waals surface area (Å²) in [5.74, 6) is 0. The Morgan fingerprint density at radius 2 is 1.88 bits per heavy atom. The first-order chi connectivity index (χ1) is 7.93. The molecule has 1 unspecified atom stereocenters. The van der Waals surface area contributed by atoms with Crippen LogP contribution in [0.3, 0.4) is 0 Å². The highest BCUT2D eigenvalue weighted by molar-refractivity contribution is 5.45. The van der Waals surface area contributed by atoms with Gasteiger partial charge in [-0.3, -0.25) is 0 Å². The van der Waals surface area contributed by atoms with Crippen molar-refractivity contribution < 1.29 is 13.2 Å². The Kier molecular flexibility index (Phi) is 4.61. The van der Waals surface area contributed by atoms with Crippen LogP contribution in [0.4, 0.5) is 18.9 Å². The van der Waals surface area contributed by atoms with Gasteiger partial charge in [0.1, 0.15) is 0 Å². The van der Waals surface area contributed by atoms with E-state index in [0.29, 0.717) is 5.69 Å². The standard InChI is InChI=1S/C13H16F3N/c1-3-4-5-10(2)17-12-8-6-11(7-9-12)13(14,15)16/h3,6-10,17H,1,4-5H2,2H3. The number of alkyl halides is 3. The number of hydrogen-bond acceptors (Lipinski definition) is 1. The summed E-state index contributed by atoms with van der Waals surface area (Å²) >= 11 is 0. The van der Waals surface area contributed by atoms with E-state index in [2.05, 4.69) is 11.9 Å². The lowest BCUT2D eigenvalue weighted by Crippen LogP contribution is -2.14. The minimum Gasteiger partial charge on any atom is -0.383 e. The van der Waals surface area contributed by atoms with Crippen molar-refractivity contribution in [1.82, 2.24) is 0 Å². The number of halogens is 3. The van der Waals surface area contributed by atoms with Crippen LogP contribution in [-0.4, -0.2) is 6.04 Å². The molecule has 1 rings (SSSR count). The number of anilines is 1. The largest absolute Gasteiger partial charge is 0.416 e. The van der Waals surface area contributed by atoms with Gasteiger partial charge < -0.3 is 5.32 Å². The molecule has 0 aliphatic carbocycles. The maximum atomic E-state index is 12.3. The van der Waals surface area contributed by atoms with Crippen molar-refractivity contribution in [3.63, 3.8) is 0 Å². The molecule has 1 nitrogen and oxygen atoms in total. The average molecular weight is 243 g/mol. The van der Waals surface area contributed by atoms with E-state index in [9.17, 15) is 13.2 Å². The summed E-state index contributed by atoms with van der Waals surface area (Å²) in [5.41, 5.74) is 0.0800. The van der Waals surface area contributed by atoms with E-state index in [1.54, 1.807) is 0 Å². The van der Waals surface area contributed by atoms with Crippen molar-refractivity contribution in [1.29, 1.82) is 0 Å². The summed E-state index contributed by atoms with van der Waals surface area (Å²) in [6, 6.07) is 5.29. The van der Waals surface area contributed by atoms with E-state index < -0.39 is 11.7 Å². The molecular formula is C13H16F3N. The predicted octanol–water partition coefficient (Wildman–Crippen LogP) is 4.47. The van der Waals surface area contributed by atoms with Gasteiger partial charge in [0.2, 0.25) is 0 Å². The third-order valence-electron chi connectivity index (χ3n) is 2.43. The quantitative estimate of drug-likeness (QED) is 0.752. The van der Waals surface area contributed by atoms with Gasteiger partial charge in [0.05, 0.1) is 5.56 Å². The molecule has 0 aliphatic rings. The summed E-state index contributed by atoms with van der Waals surface area (Å²) in [6.07, 6.45) is -0.656. The Hall–Kier alpha value is -1.45. The molecule has 0 saturated heterocycles. The summed E-state index contributed by atoms with van der Waals surface area (Å²) in [5, 5.41) is 3.14. The van der Waals surface area contributed by atoms with E-state index >= 15 is 0 Å². The topological polar surface area (TPSA) is 12.0 Å². The zero-order chi connectivity index (χ0) is 12.9. The third kappa shape index (κ3) is 4.51. The lowest BCUT2D eigenvalue weighted by Gasteiger charge is -2.15. The van der Waals surface area contributed by atoms with Gasteiger partial charge in [-0.15, -0.1) is 6.58 Å². The van der Waals surface area contributed by atoms with Crippen molar-refractivity contribution in [2.45, 2.75) is 32.0 Å². The van der Waals surface area contributed by atoms with E-state index in [4.69, 9.17) is 0 Å². The van der Waals surface area contributed by atoms with Gasteiger partial charge in [-0.1, -0.05) is 6.08 Å². The molecule has 1 atom stereocenters. The van der Waals surface area contributed by atoms with Crippen LogP contribution in [0.15, 0.2) is 36.9 Å². The van der Waals surface area contributed by atoms with Gasteiger partial charge in [-0.25, -0.2) is 0 Å². The summed E-state index contributed by atoms with van der Waals surface area (Å²) in [6.45, 7) is 5.61. The molecule has 1 N–H and O–H groups in total. The van der Waals surface area contributed by atoms with Crippen molar-refractivity contribution in [2.24, 2.45) is 0 Å². The Morgan fingerprint density at radius 1 is 1.29 bits per heavy atom. The van der Waals surface area contributed by atoms with Gasteiger partial charge in [-0.05, 0) is 44.0 Å². The van der Waals surface area contributed by atoms with Crippen LogP contribution < -0.4 is 5.32 Å². The Bertz CT molecular complexity index is 354.